The van der Waals surface area contributed by atoms with E-state index in [0.29, 0.717) is 0 Å². The van der Waals surface area contributed by atoms with Gasteiger partial charge < -0.3 is 14.0 Å². The molecule has 0 heterocycles. The van der Waals surface area contributed by atoms with E-state index in [0.717, 1.165) is 33.5 Å². The van der Waals surface area contributed by atoms with Gasteiger partial charge in [0, 0.05) is 42.9 Å². The summed E-state index contributed by atoms with van der Waals surface area (Å²) in [5, 5.41) is 1.82. The highest BCUT2D eigenvalue weighted by molar-refractivity contribution is 7.87. The van der Waals surface area contributed by atoms with Crippen LogP contribution in [0, 0.1) is 0 Å². The third-order valence-electron chi connectivity index (χ3n) is 6.19. The lowest BCUT2D eigenvalue weighted by Gasteiger charge is -2.23. The Morgan fingerprint density at radius 1 is 0.528 bits per heavy atom. The third-order valence-corrected chi connectivity index (χ3v) is 7.43. The molecular weight excluding hydrogens is 468 g/mol. The largest absolute Gasteiger partial charge is 0.379 e. The van der Waals surface area contributed by atoms with Crippen molar-refractivity contribution < 1.29 is 12.6 Å². The fourth-order valence-corrected chi connectivity index (χ4v) is 5.05. The van der Waals surface area contributed by atoms with E-state index in [4.69, 9.17) is 4.18 Å². The second-order valence-corrected chi connectivity index (χ2v) is 10.1. The van der Waals surface area contributed by atoms with Crippen LogP contribution in [0.5, 0.6) is 5.75 Å². The topological polar surface area (TPSA) is 49.9 Å². The first kappa shape index (κ1) is 23.5. The Hall–Kier alpha value is -4.29. The predicted octanol–water partition coefficient (Wildman–Crippen LogP) is 7.14. The average molecular weight is 495 g/mol. The van der Waals surface area contributed by atoms with E-state index in [1.807, 2.05) is 79.7 Å². The molecule has 0 atom stereocenters. The van der Waals surface area contributed by atoms with Gasteiger partial charge in [0.25, 0.3) is 0 Å². The molecule has 0 bridgehead atoms. The summed E-state index contributed by atoms with van der Waals surface area (Å²) < 4.78 is 31.5. The SMILES string of the molecule is CN(c1ccccc1)c1ccc(N(C)c2cccc(OS(=O)(=O)c3ccc4ccccc4c3)c2)cc1. The normalized spacial score (nSPS) is 11.3. The molecule has 0 saturated heterocycles. The van der Waals surface area contributed by atoms with Gasteiger partial charge in [0.2, 0.25) is 0 Å². The maximum Gasteiger partial charge on any atom is 0.339 e. The van der Waals surface area contributed by atoms with Crippen LogP contribution in [0.2, 0.25) is 0 Å². The lowest BCUT2D eigenvalue weighted by molar-refractivity contribution is 0.486. The molecule has 5 rings (SSSR count). The van der Waals surface area contributed by atoms with Crippen LogP contribution in [0.25, 0.3) is 10.8 Å². The van der Waals surface area contributed by atoms with Crippen LogP contribution < -0.4 is 14.0 Å². The van der Waals surface area contributed by atoms with E-state index in [1.54, 1.807) is 36.4 Å². The number of hydrogen-bond acceptors (Lipinski definition) is 5. The molecule has 0 aliphatic rings. The third kappa shape index (κ3) is 4.90. The van der Waals surface area contributed by atoms with Gasteiger partial charge in [-0.2, -0.15) is 8.42 Å². The summed E-state index contributed by atoms with van der Waals surface area (Å²) in [6.45, 7) is 0. The van der Waals surface area contributed by atoms with E-state index in [-0.39, 0.29) is 10.6 Å². The van der Waals surface area contributed by atoms with Crippen LogP contribution in [-0.2, 0) is 10.1 Å². The number of benzene rings is 5. The molecule has 0 aromatic heterocycles. The highest BCUT2D eigenvalue weighted by Crippen LogP contribution is 2.31. The van der Waals surface area contributed by atoms with Crippen molar-refractivity contribution in [3.8, 4) is 5.75 Å². The van der Waals surface area contributed by atoms with Crippen molar-refractivity contribution in [1.82, 2.24) is 0 Å². The van der Waals surface area contributed by atoms with Gasteiger partial charge in [-0.3, -0.25) is 0 Å². The molecule has 180 valence electrons. The summed E-state index contributed by atoms with van der Waals surface area (Å²) in [6.07, 6.45) is 0. The molecule has 36 heavy (non-hydrogen) atoms. The zero-order valence-electron chi connectivity index (χ0n) is 20.1. The Bertz CT molecular complexity index is 1600. The maximum atomic E-state index is 13.0. The lowest BCUT2D eigenvalue weighted by Crippen LogP contribution is -2.12. The van der Waals surface area contributed by atoms with Crippen molar-refractivity contribution in [2.24, 2.45) is 0 Å². The van der Waals surface area contributed by atoms with Crippen molar-refractivity contribution in [3.05, 3.63) is 121 Å². The molecule has 0 spiro atoms. The van der Waals surface area contributed by atoms with E-state index >= 15 is 0 Å². The Morgan fingerprint density at radius 2 is 1.08 bits per heavy atom. The summed E-state index contributed by atoms with van der Waals surface area (Å²) in [4.78, 5) is 4.23. The van der Waals surface area contributed by atoms with E-state index in [9.17, 15) is 8.42 Å². The Morgan fingerprint density at radius 3 is 1.78 bits per heavy atom. The number of fused-ring (bicyclic) bond motifs is 1. The van der Waals surface area contributed by atoms with E-state index < -0.39 is 10.1 Å². The van der Waals surface area contributed by atoms with Crippen molar-refractivity contribution in [2.45, 2.75) is 4.90 Å². The molecule has 0 saturated carbocycles. The number of rotatable bonds is 7. The molecule has 0 amide bonds. The van der Waals surface area contributed by atoms with Gasteiger partial charge in [-0.15, -0.1) is 0 Å². The molecule has 5 aromatic carbocycles. The average Bonchev–Trinajstić information content (AvgIpc) is 2.92. The molecule has 0 fully saturated rings. The van der Waals surface area contributed by atoms with Crippen molar-refractivity contribution >= 4 is 43.6 Å². The summed E-state index contributed by atoms with van der Waals surface area (Å²) in [5.41, 5.74) is 3.95. The summed E-state index contributed by atoms with van der Waals surface area (Å²) in [5.74, 6) is 0.257. The molecule has 5 aromatic rings. The smallest absolute Gasteiger partial charge is 0.339 e. The Labute approximate surface area is 211 Å². The van der Waals surface area contributed by atoms with Crippen LogP contribution in [0.4, 0.5) is 22.7 Å². The monoisotopic (exact) mass is 494 g/mol. The standard InChI is InChI=1S/C30H26N2O3S/c1-31(25-11-4-3-5-12-25)26-16-18-27(19-17-26)32(2)28-13-8-14-29(22-28)35-36(33,34)30-20-15-23-9-6-7-10-24(23)21-30/h3-22H,1-2H3. The minimum atomic E-state index is -3.98. The number of anilines is 4. The Balaban J connectivity index is 1.34. The van der Waals surface area contributed by atoms with Crippen LogP contribution in [0.1, 0.15) is 0 Å². The van der Waals surface area contributed by atoms with Crippen molar-refractivity contribution in [1.29, 1.82) is 0 Å². The molecule has 5 nitrogen and oxygen atoms in total. The quantitative estimate of drug-likeness (QED) is 0.225. The summed E-state index contributed by atoms with van der Waals surface area (Å²) in [6, 6.07) is 38.0. The maximum absolute atomic E-state index is 13.0. The van der Waals surface area contributed by atoms with Crippen LogP contribution in [0.15, 0.2) is 126 Å². The van der Waals surface area contributed by atoms with Gasteiger partial charge in [0.05, 0.1) is 0 Å². The molecular formula is C30H26N2O3S. The summed E-state index contributed by atoms with van der Waals surface area (Å²) in [7, 11) is -0.00750. The first-order valence-electron chi connectivity index (χ1n) is 11.6. The highest BCUT2D eigenvalue weighted by Gasteiger charge is 2.18. The lowest BCUT2D eigenvalue weighted by atomic mass is 10.1. The first-order valence-corrected chi connectivity index (χ1v) is 13.0. The first-order chi connectivity index (χ1) is 17.4. The molecule has 0 aliphatic heterocycles. The number of hydrogen-bond donors (Lipinski definition) is 0. The number of nitrogens with zero attached hydrogens (tertiary/aromatic N) is 2. The second-order valence-electron chi connectivity index (χ2n) is 8.51. The second kappa shape index (κ2) is 9.76. The zero-order chi connectivity index (χ0) is 25.1. The van der Waals surface area contributed by atoms with Gasteiger partial charge in [-0.1, -0.05) is 54.6 Å². The van der Waals surface area contributed by atoms with E-state index in [1.165, 1.54) is 0 Å². The van der Waals surface area contributed by atoms with Crippen molar-refractivity contribution in [3.63, 3.8) is 0 Å². The molecule has 0 unspecified atom stereocenters. The van der Waals surface area contributed by atoms with Gasteiger partial charge in [-0.05, 0) is 71.4 Å². The van der Waals surface area contributed by atoms with Gasteiger partial charge in [0.15, 0.2) is 0 Å². The Kier molecular flexibility index (Phi) is 6.36. The van der Waals surface area contributed by atoms with Gasteiger partial charge >= 0.3 is 10.1 Å². The van der Waals surface area contributed by atoms with Gasteiger partial charge in [-0.25, -0.2) is 0 Å². The fraction of sp³-hybridized carbons (Fsp3) is 0.0667. The van der Waals surface area contributed by atoms with Crippen LogP contribution in [0.3, 0.4) is 0 Å². The highest BCUT2D eigenvalue weighted by atomic mass is 32.2. The summed E-state index contributed by atoms with van der Waals surface area (Å²) >= 11 is 0. The minimum absolute atomic E-state index is 0.123. The number of para-hydroxylation sites is 1. The molecule has 0 aliphatic carbocycles. The zero-order valence-corrected chi connectivity index (χ0v) is 20.9. The van der Waals surface area contributed by atoms with Crippen LogP contribution in [-0.4, -0.2) is 22.5 Å². The molecule has 0 N–H and O–H groups in total. The fourth-order valence-electron chi connectivity index (χ4n) is 4.09. The van der Waals surface area contributed by atoms with Crippen molar-refractivity contribution in [2.75, 3.05) is 23.9 Å². The molecule has 6 heteroatoms. The minimum Gasteiger partial charge on any atom is -0.379 e. The van der Waals surface area contributed by atoms with Crippen LogP contribution >= 0.6 is 0 Å². The molecule has 0 radical (unpaired) electrons. The van der Waals surface area contributed by atoms with E-state index in [2.05, 4.69) is 29.2 Å². The predicted molar refractivity (Wildman–Crippen MR) is 147 cm³/mol. The van der Waals surface area contributed by atoms with Gasteiger partial charge in [0.1, 0.15) is 10.6 Å².